The highest BCUT2D eigenvalue weighted by molar-refractivity contribution is 6.30. The van der Waals surface area contributed by atoms with Crippen molar-refractivity contribution >= 4 is 23.4 Å². The minimum atomic E-state index is -0.574. The van der Waals surface area contributed by atoms with E-state index in [1.165, 1.54) is 0 Å². The predicted octanol–water partition coefficient (Wildman–Crippen LogP) is 3.99. The van der Waals surface area contributed by atoms with Gasteiger partial charge in [-0.2, -0.15) is 0 Å². The van der Waals surface area contributed by atoms with Crippen LogP contribution in [0.3, 0.4) is 0 Å². The topological polar surface area (TPSA) is 67.9 Å². The molecule has 6 nitrogen and oxygen atoms in total. The van der Waals surface area contributed by atoms with Gasteiger partial charge in [0, 0.05) is 24.5 Å². The fourth-order valence-electron chi connectivity index (χ4n) is 3.40. The summed E-state index contributed by atoms with van der Waals surface area (Å²) in [5.41, 5.74) is 1.92. The fraction of sp³-hybridized carbons (Fsp3) is 0.417. The Hall–Kier alpha value is -2.73. The summed E-state index contributed by atoms with van der Waals surface area (Å²) in [6.45, 7) is 5.76. The molecule has 2 amide bonds. The molecule has 1 unspecified atom stereocenters. The van der Waals surface area contributed by atoms with Crippen molar-refractivity contribution in [3.8, 4) is 11.5 Å². The average Bonchev–Trinajstić information content (AvgIpc) is 2.80. The van der Waals surface area contributed by atoms with E-state index in [-0.39, 0.29) is 11.8 Å². The Kier molecular flexibility index (Phi) is 8.18. The zero-order valence-electron chi connectivity index (χ0n) is 18.0. The summed E-state index contributed by atoms with van der Waals surface area (Å²) in [5.74, 6) is 1.21. The van der Waals surface area contributed by atoms with Gasteiger partial charge in [0.25, 0.3) is 0 Å². The molecule has 0 fully saturated rings. The van der Waals surface area contributed by atoms with E-state index in [2.05, 4.69) is 5.32 Å². The number of hydrogen-bond acceptors (Lipinski definition) is 4. The first-order valence-electron chi connectivity index (χ1n) is 10.7. The number of benzene rings is 2. The molecule has 166 valence electrons. The molecule has 1 aliphatic heterocycles. The smallest absolute Gasteiger partial charge is 0.242 e. The number of ether oxygens (including phenoxy) is 2. The van der Waals surface area contributed by atoms with Crippen LogP contribution in [0.4, 0.5) is 0 Å². The van der Waals surface area contributed by atoms with Crippen LogP contribution in [0.25, 0.3) is 0 Å². The first-order valence-corrected chi connectivity index (χ1v) is 11.1. The van der Waals surface area contributed by atoms with E-state index in [1.54, 1.807) is 24.0 Å². The minimum absolute atomic E-state index is 0.0796. The zero-order valence-corrected chi connectivity index (χ0v) is 18.8. The Labute approximate surface area is 188 Å². The lowest BCUT2D eigenvalue weighted by Crippen LogP contribution is -2.47. The van der Waals surface area contributed by atoms with E-state index in [1.807, 2.05) is 37.3 Å². The highest BCUT2D eigenvalue weighted by Gasteiger charge is 2.26. The van der Waals surface area contributed by atoms with E-state index in [9.17, 15) is 9.59 Å². The van der Waals surface area contributed by atoms with Crippen LogP contribution in [0.15, 0.2) is 42.5 Å². The minimum Gasteiger partial charge on any atom is -0.486 e. The summed E-state index contributed by atoms with van der Waals surface area (Å²) in [7, 11) is 0. The van der Waals surface area contributed by atoms with Crippen LogP contribution in [0.2, 0.25) is 5.02 Å². The van der Waals surface area contributed by atoms with Gasteiger partial charge in [-0.15, -0.1) is 0 Å². The lowest BCUT2D eigenvalue weighted by atomic mass is 10.1. The van der Waals surface area contributed by atoms with Crippen LogP contribution in [-0.2, 0) is 22.6 Å². The van der Waals surface area contributed by atoms with Gasteiger partial charge in [-0.1, -0.05) is 36.7 Å². The molecule has 0 bridgehead atoms. The molecule has 1 N–H and O–H groups in total. The highest BCUT2D eigenvalue weighted by atomic mass is 35.5. The van der Waals surface area contributed by atoms with E-state index < -0.39 is 6.04 Å². The molecule has 0 saturated heterocycles. The van der Waals surface area contributed by atoms with Gasteiger partial charge >= 0.3 is 0 Å². The molecule has 1 aliphatic rings. The number of halogens is 1. The summed E-state index contributed by atoms with van der Waals surface area (Å²) in [5, 5.41) is 3.52. The average molecular weight is 445 g/mol. The van der Waals surface area contributed by atoms with Crippen molar-refractivity contribution < 1.29 is 19.1 Å². The molecule has 0 aromatic heterocycles. The molecule has 7 heteroatoms. The molecule has 31 heavy (non-hydrogen) atoms. The Balaban J connectivity index is 1.69. The van der Waals surface area contributed by atoms with Crippen molar-refractivity contribution in [2.45, 2.75) is 45.7 Å². The summed E-state index contributed by atoms with van der Waals surface area (Å²) in [4.78, 5) is 27.4. The van der Waals surface area contributed by atoms with Crippen LogP contribution in [0, 0.1) is 0 Å². The number of fused-ring (bicyclic) bond motifs is 1. The van der Waals surface area contributed by atoms with Crippen LogP contribution >= 0.6 is 11.6 Å². The second kappa shape index (κ2) is 11.0. The highest BCUT2D eigenvalue weighted by Crippen LogP contribution is 2.31. The quantitative estimate of drug-likeness (QED) is 0.635. The third-order valence-electron chi connectivity index (χ3n) is 5.22. The van der Waals surface area contributed by atoms with Gasteiger partial charge in [0.15, 0.2) is 11.5 Å². The van der Waals surface area contributed by atoms with Crippen LogP contribution in [-0.4, -0.2) is 42.5 Å². The van der Waals surface area contributed by atoms with Crippen LogP contribution < -0.4 is 14.8 Å². The number of nitrogens with zero attached hydrogens (tertiary/aromatic N) is 1. The summed E-state index contributed by atoms with van der Waals surface area (Å²) < 4.78 is 11.2. The van der Waals surface area contributed by atoms with Crippen molar-refractivity contribution in [3.05, 3.63) is 58.6 Å². The maximum atomic E-state index is 13.2. The molecule has 0 radical (unpaired) electrons. The number of rotatable bonds is 9. The molecule has 2 aromatic carbocycles. The largest absolute Gasteiger partial charge is 0.486 e. The van der Waals surface area contributed by atoms with Gasteiger partial charge in [0.2, 0.25) is 11.8 Å². The molecule has 0 spiro atoms. The number of nitrogens with one attached hydrogen (secondary N) is 1. The van der Waals surface area contributed by atoms with Crippen molar-refractivity contribution in [1.82, 2.24) is 10.2 Å². The van der Waals surface area contributed by atoms with Crippen LogP contribution in [0.1, 0.15) is 37.8 Å². The lowest BCUT2D eigenvalue weighted by molar-refractivity contribution is -0.140. The molecule has 2 aromatic rings. The van der Waals surface area contributed by atoms with E-state index in [0.29, 0.717) is 49.9 Å². The van der Waals surface area contributed by atoms with Gasteiger partial charge in [0.05, 0.1) is 0 Å². The first-order chi connectivity index (χ1) is 15.0. The number of aryl methyl sites for hydroxylation is 1. The van der Waals surface area contributed by atoms with E-state index in [4.69, 9.17) is 21.1 Å². The van der Waals surface area contributed by atoms with Gasteiger partial charge in [0.1, 0.15) is 19.3 Å². The molecular formula is C24H29ClN2O4. The summed E-state index contributed by atoms with van der Waals surface area (Å²) >= 11 is 5.99. The third-order valence-corrected chi connectivity index (χ3v) is 5.47. The van der Waals surface area contributed by atoms with Gasteiger partial charge in [-0.3, -0.25) is 9.59 Å². The molecule has 0 saturated carbocycles. The SMILES string of the molecule is CCCNC(=O)C(C)N(Cc1ccc(Cl)cc1)C(=O)CCc1ccc2c(c1)OCCO2. The molecular weight excluding hydrogens is 416 g/mol. The normalized spacial score (nSPS) is 13.4. The maximum absolute atomic E-state index is 13.2. The van der Waals surface area contributed by atoms with Crippen molar-refractivity contribution in [2.75, 3.05) is 19.8 Å². The molecule has 3 rings (SSSR count). The predicted molar refractivity (Wildman–Crippen MR) is 121 cm³/mol. The number of carbonyl (C=O) groups is 2. The van der Waals surface area contributed by atoms with Gasteiger partial charge < -0.3 is 19.7 Å². The number of carbonyl (C=O) groups excluding carboxylic acids is 2. The van der Waals surface area contributed by atoms with Crippen molar-refractivity contribution in [1.29, 1.82) is 0 Å². The second-order valence-electron chi connectivity index (χ2n) is 7.59. The van der Waals surface area contributed by atoms with Gasteiger partial charge in [-0.05, 0) is 55.2 Å². The number of hydrogen-bond donors (Lipinski definition) is 1. The maximum Gasteiger partial charge on any atom is 0.242 e. The summed E-state index contributed by atoms with van der Waals surface area (Å²) in [6, 6.07) is 12.5. The Morgan fingerprint density at radius 1 is 1.06 bits per heavy atom. The zero-order chi connectivity index (χ0) is 22.2. The van der Waals surface area contributed by atoms with Crippen molar-refractivity contribution in [3.63, 3.8) is 0 Å². The third kappa shape index (κ3) is 6.37. The molecule has 0 aliphatic carbocycles. The first kappa shape index (κ1) is 22.9. The Morgan fingerprint density at radius 3 is 2.45 bits per heavy atom. The fourth-order valence-corrected chi connectivity index (χ4v) is 3.53. The summed E-state index contributed by atoms with van der Waals surface area (Å²) in [6.07, 6.45) is 1.68. The second-order valence-corrected chi connectivity index (χ2v) is 8.03. The molecule has 1 heterocycles. The lowest BCUT2D eigenvalue weighted by Gasteiger charge is -2.29. The number of amides is 2. The van der Waals surface area contributed by atoms with Crippen molar-refractivity contribution in [2.24, 2.45) is 0 Å². The van der Waals surface area contributed by atoms with Gasteiger partial charge in [-0.25, -0.2) is 0 Å². The van der Waals surface area contributed by atoms with Crippen LogP contribution in [0.5, 0.6) is 11.5 Å². The Morgan fingerprint density at radius 2 is 1.74 bits per heavy atom. The standard InChI is InChI=1S/C24H29ClN2O4/c1-3-12-26-24(29)17(2)27(16-19-4-8-20(25)9-5-19)23(28)11-7-18-6-10-21-22(15-18)31-14-13-30-21/h4-6,8-10,15,17H,3,7,11-14,16H2,1-2H3,(H,26,29). The Bertz CT molecular complexity index is 901. The van der Waals surface area contributed by atoms with E-state index >= 15 is 0 Å². The molecule has 1 atom stereocenters. The van der Waals surface area contributed by atoms with E-state index in [0.717, 1.165) is 23.3 Å². The monoisotopic (exact) mass is 444 g/mol.